The van der Waals surface area contributed by atoms with E-state index in [1.165, 1.54) is 10.8 Å². The van der Waals surface area contributed by atoms with Crippen LogP contribution in [0.2, 0.25) is 0 Å². The third kappa shape index (κ3) is 10.2. The third-order valence-electron chi connectivity index (χ3n) is 6.58. The number of carbonyl (C=O) groups is 4. The molecule has 0 spiro atoms. The minimum atomic E-state index is -1.05. The first kappa shape index (κ1) is 29.7. The Morgan fingerprint density at radius 3 is 2.51 bits per heavy atom. The van der Waals surface area contributed by atoms with E-state index < -0.39 is 24.2 Å². The van der Waals surface area contributed by atoms with Gasteiger partial charge in [-0.05, 0) is 24.7 Å². The summed E-state index contributed by atoms with van der Waals surface area (Å²) in [6, 6.07) is -2.19. The summed E-state index contributed by atoms with van der Waals surface area (Å²) >= 11 is 0. The van der Waals surface area contributed by atoms with Gasteiger partial charge >= 0.3 is 0 Å². The van der Waals surface area contributed by atoms with Crippen molar-refractivity contribution in [1.82, 2.24) is 16.0 Å². The normalized spacial score (nSPS) is 31.7. The molecule has 0 aromatic rings. The minimum absolute atomic E-state index is 0.0639. The molecule has 0 aliphatic carbocycles. The number of Topliss-reactive ketones (excluding diaryl/α,β-unsaturated/α-hetero) is 1. The van der Waals surface area contributed by atoms with Crippen molar-refractivity contribution in [3.05, 3.63) is 12.2 Å². The maximum atomic E-state index is 13.3. The first-order valence-electron chi connectivity index (χ1n) is 12.8. The Labute approximate surface area is 217 Å². The lowest BCUT2D eigenvalue weighted by Gasteiger charge is -2.31. The molecule has 3 amide bonds. The van der Waals surface area contributed by atoms with Crippen LogP contribution in [-0.2, 0) is 19.2 Å². The topological polar surface area (TPSA) is 125 Å². The summed E-state index contributed by atoms with van der Waals surface area (Å²) in [5.74, 6) is -0.434. The van der Waals surface area contributed by atoms with E-state index in [2.05, 4.69) is 16.0 Å². The van der Waals surface area contributed by atoms with Crippen LogP contribution >= 0.6 is 21.6 Å². The molecule has 4 N–H and O–H groups in total. The second kappa shape index (κ2) is 15.6. The predicted molar refractivity (Wildman–Crippen MR) is 142 cm³/mol. The van der Waals surface area contributed by atoms with Gasteiger partial charge in [0, 0.05) is 30.8 Å². The molecule has 35 heavy (non-hydrogen) atoms. The molecule has 0 radical (unpaired) electrons. The monoisotopic (exact) mass is 527 g/mol. The molecule has 10 heteroatoms. The lowest BCUT2D eigenvalue weighted by molar-refractivity contribution is -0.132. The summed E-state index contributed by atoms with van der Waals surface area (Å²) in [5, 5.41) is 19.6. The number of allylic oxidation sites excluding steroid dienone is 2. The van der Waals surface area contributed by atoms with Crippen LogP contribution in [-0.4, -0.2) is 64.3 Å². The Bertz CT molecular complexity index is 763. The quantitative estimate of drug-likeness (QED) is 0.320. The van der Waals surface area contributed by atoms with E-state index in [0.717, 1.165) is 25.0 Å². The molecule has 2 rings (SSSR count). The van der Waals surface area contributed by atoms with Crippen LogP contribution in [0.5, 0.6) is 0 Å². The molecule has 1 fully saturated rings. The summed E-state index contributed by atoms with van der Waals surface area (Å²) in [4.78, 5) is 52.3. The highest BCUT2D eigenvalue weighted by molar-refractivity contribution is 8.76. The highest BCUT2D eigenvalue weighted by atomic mass is 33.1. The molecule has 0 aromatic heterocycles. The zero-order chi connectivity index (χ0) is 25.8. The van der Waals surface area contributed by atoms with Crippen LogP contribution in [0.25, 0.3) is 0 Å². The molecule has 0 aromatic carbocycles. The fourth-order valence-corrected chi connectivity index (χ4v) is 6.44. The zero-order valence-corrected chi connectivity index (χ0v) is 22.7. The molecule has 6 atom stereocenters. The van der Waals surface area contributed by atoms with Crippen molar-refractivity contribution in [1.29, 1.82) is 0 Å². The van der Waals surface area contributed by atoms with Gasteiger partial charge in [0.05, 0.1) is 12.1 Å². The maximum Gasteiger partial charge on any atom is 0.243 e. The van der Waals surface area contributed by atoms with Crippen molar-refractivity contribution in [2.24, 2.45) is 11.8 Å². The molecule has 2 bridgehead atoms. The smallest absolute Gasteiger partial charge is 0.243 e. The van der Waals surface area contributed by atoms with Crippen LogP contribution in [0.1, 0.15) is 72.1 Å². The number of nitrogens with one attached hydrogen (secondary N) is 3. The highest BCUT2D eigenvalue weighted by Gasteiger charge is 2.33. The number of hydrogen-bond donors (Lipinski definition) is 4. The molecule has 1 unspecified atom stereocenters. The summed E-state index contributed by atoms with van der Waals surface area (Å²) in [6.07, 6.45) is 6.54. The first-order valence-corrected chi connectivity index (χ1v) is 15.2. The summed E-state index contributed by atoms with van der Waals surface area (Å²) in [6.45, 7) is 5.91. The van der Waals surface area contributed by atoms with Crippen molar-refractivity contribution in [3.63, 3.8) is 0 Å². The van der Waals surface area contributed by atoms with Gasteiger partial charge in [0.15, 0.2) is 0 Å². The predicted octanol–water partition coefficient (Wildman–Crippen LogP) is 2.75. The van der Waals surface area contributed by atoms with Crippen molar-refractivity contribution in [3.8, 4) is 0 Å². The van der Waals surface area contributed by atoms with Crippen molar-refractivity contribution < 1.29 is 24.3 Å². The fourth-order valence-electron chi connectivity index (χ4n) is 4.28. The minimum Gasteiger partial charge on any atom is -0.391 e. The molecular formula is C25H41N3O5S2. The van der Waals surface area contributed by atoms with E-state index in [1.54, 1.807) is 10.8 Å². The summed E-state index contributed by atoms with van der Waals surface area (Å²) < 4.78 is 0. The number of amides is 3. The lowest BCUT2D eigenvalue weighted by atomic mass is 9.89. The van der Waals surface area contributed by atoms with Gasteiger partial charge in [-0.25, -0.2) is 0 Å². The maximum absolute atomic E-state index is 13.3. The number of rotatable bonds is 5. The molecule has 2 heterocycles. The van der Waals surface area contributed by atoms with E-state index in [-0.39, 0.29) is 54.6 Å². The largest absolute Gasteiger partial charge is 0.391 e. The number of ketones is 1. The van der Waals surface area contributed by atoms with Gasteiger partial charge < -0.3 is 21.1 Å². The Hall–Kier alpha value is -1.52. The third-order valence-corrected chi connectivity index (χ3v) is 9.03. The molecule has 2 aliphatic rings. The number of fused-ring (bicyclic) bond motifs is 7. The standard InChI is InChI=1S/C25H41N3O5S2/c1-4-6-10-19-24(32)27-20-15-35-34-11-8-7-9-17(13-22(31)26-19)12-18(29)14-21(30)23(16(3)5-2)28-25(20)33/h7,9,16-17,19-21,23,30H,4-6,8,10-15H2,1-3H3,(H,26,31)(H,27,32)(H,28,33)/b9-7+/t16?,17-,19+,20+,21-,23+/m0/s1. The van der Waals surface area contributed by atoms with Gasteiger partial charge in [-0.1, -0.05) is 73.8 Å². The Morgan fingerprint density at radius 2 is 1.80 bits per heavy atom. The van der Waals surface area contributed by atoms with Gasteiger partial charge in [0.2, 0.25) is 17.7 Å². The van der Waals surface area contributed by atoms with Gasteiger partial charge in [-0.2, -0.15) is 0 Å². The molecular weight excluding hydrogens is 486 g/mol. The SMILES string of the molecule is CCCC[C@H]1NC(=O)C[C@H]2/C=C/CCSSC[C@@H](NC1=O)C(=O)N[C@H](C(C)CC)[C@@H](O)CC(=O)C2. The van der Waals surface area contributed by atoms with Crippen LogP contribution in [0.4, 0.5) is 0 Å². The molecule has 2 aliphatic heterocycles. The second-order valence-electron chi connectivity index (χ2n) is 9.55. The van der Waals surface area contributed by atoms with Crippen LogP contribution in [0, 0.1) is 11.8 Å². The highest BCUT2D eigenvalue weighted by Crippen LogP contribution is 2.25. The Morgan fingerprint density at radius 1 is 1.03 bits per heavy atom. The second-order valence-corrected chi connectivity index (χ2v) is 12.2. The van der Waals surface area contributed by atoms with Crippen molar-refractivity contribution in [2.45, 2.75) is 96.4 Å². The number of unbranched alkanes of at least 4 members (excludes halogenated alkanes) is 1. The number of aliphatic hydroxyl groups excluding tert-OH is 1. The average molecular weight is 528 g/mol. The Balaban J connectivity index is 2.46. The van der Waals surface area contributed by atoms with Crippen molar-refractivity contribution >= 4 is 45.1 Å². The number of hydrogen-bond acceptors (Lipinski definition) is 7. The summed E-state index contributed by atoms with van der Waals surface area (Å²) in [7, 11) is 3.13. The van der Waals surface area contributed by atoms with E-state index >= 15 is 0 Å². The van der Waals surface area contributed by atoms with E-state index in [1.807, 2.05) is 32.9 Å². The van der Waals surface area contributed by atoms with Crippen molar-refractivity contribution in [2.75, 3.05) is 11.5 Å². The average Bonchev–Trinajstić information content (AvgIpc) is 2.81. The fraction of sp³-hybridized carbons (Fsp3) is 0.760. The van der Waals surface area contributed by atoms with Gasteiger partial charge in [0.1, 0.15) is 17.9 Å². The van der Waals surface area contributed by atoms with Gasteiger partial charge in [0.25, 0.3) is 0 Å². The van der Waals surface area contributed by atoms with Gasteiger partial charge in [-0.3, -0.25) is 19.2 Å². The Kier molecular flexibility index (Phi) is 13.2. The molecule has 198 valence electrons. The molecule has 0 saturated carbocycles. The number of carbonyl (C=O) groups excluding carboxylic acids is 4. The van der Waals surface area contributed by atoms with Crippen LogP contribution in [0.3, 0.4) is 0 Å². The lowest BCUT2D eigenvalue weighted by Crippen LogP contribution is -2.58. The molecule has 8 nitrogen and oxygen atoms in total. The van der Waals surface area contributed by atoms with Crippen LogP contribution < -0.4 is 16.0 Å². The zero-order valence-electron chi connectivity index (χ0n) is 21.1. The number of aliphatic hydroxyl groups is 1. The first-order chi connectivity index (χ1) is 16.7. The van der Waals surface area contributed by atoms with E-state index in [4.69, 9.17) is 0 Å². The summed E-state index contributed by atoms with van der Waals surface area (Å²) in [5.41, 5.74) is 0. The van der Waals surface area contributed by atoms with E-state index in [0.29, 0.717) is 18.6 Å². The van der Waals surface area contributed by atoms with Crippen LogP contribution in [0.15, 0.2) is 12.2 Å². The van der Waals surface area contributed by atoms with E-state index in [9.17, 15) is 24.3 Å². The van der Waals surface area contributed by atoms with Gasteiger partial charge in [-0.15, -0.1) is 0 Å². The molecule has 1 saturated heterocycles.